The maximum absolute atomic E-state index is 10.1. The summed E-state index contributed by atoms with van der Waals surface area (Å²) in [6.07, 6.45) is 2.49. The van der Waals surface area contributed by atoms with E-state index in [0.29, 0.717) is 17.1 Å². The zero-order chi connectivity index (χ0) is 15.7. The number of aromatic nitrogens is 2. The number of anilines is 1. The van der Waals surface area contributed by atoms with Gasteiger partial charge in [-0.3, -0.25) is 0 Å². The van der Waals surface area contributed by atoms with Crippen LogP contribution in [0.25, 0.3) is 11.3 Å². The summed E-state index contributed by atoms with van der Waals surface area (Å²) in [5, 5.41) is 31.6. The first kappa shape index (κ1) is 14.8. The lowest BCUT2D eigenvalue weighted by atomic mass is 10.0. The van der Waals surface area contributed by atoms with Gasteiger partial charge in [-0.25, -0.2) is 0 Å². The van der Waals surface area contributed by atoms with Gasteiger partial charge in [0.25, 0.3) is 0 Å². The molecule has 5 heteroatoms. The van der Waals surface area contributed by atoms with Crippen LogP contribution in [-0.4, -0.2) is 32.6 Å². The number of hydrogen-bond donors (Lipinski definition) is 3. The number of benzene rings is 1. The predicted molar refractivity (Wildman–Crippen MR) is 85.9 cm³/mol. The van der Waals surface area contributed by atoms with Crippen molar-refractivity contribution in [2.45, 2.75) is 45.3 Å². The first-order valence-corrected chi connectivity index (χ1v) is 7.63. The summed E-state index contributed by atoms with van der Waals surface area (Å²) in [7, 11) is 0. The van der Waals surface area contributed by atoms with Crippen molar-refractivity contribution in [2.75, 3.05) is 5.32 Å². The van der Waals surface area contributed by atoms with E-state index in [0.717, 1.165) is 30.4 Å². The van der Waals surface area contributed by atoms with Crippen molar-refractivity contribution in [1.29, 1.82) is 0 Å². The highest BCUT2D eigenvalue weighted by molar-refractivity contribution is 5.71. The highest BCUT2D eigenvalue weighted by Gasteiger charge is 2.25. The molecule has 0 aliphatic heterocycles. The van der Waals surface area contributed by atoms with Gasteiger partial charge in [-0.15, -0.1) is 10.2 Å². The number of nitrogens with one attached hydrogen (secondary N) is 1. The molecule has 1 aromatic carbocycles. The van der Waals surface area contributed by atoms with Gasteiger partial charge < -0.3 is 15.5 Å². The second-order valence-electron chi connectivity index (χ2n) is 6.03. The van der Waals surface area contributed by atoms with Crippen molar-refractivity contribution >= 4 is 5.82 Å². The van der Waals surface area contributed by atoms with Crippen LogP contribution in [0.15, 0.2) is 24.3 Å². The number of aliphatic hydroxyl groups is 1. The summed E-state index contributed by atoms with van der Waals surface area (Å²) in [5.41, 5.74) is 3.34. The zero-order valence-corrected chi connectivity index (χ0v) is 12.9. The molecule has 5 nitrogen and oxygen atoms in total. The van der Waals surface area contributed by atoms with Crippen LogP contribution >= 0.6 is 0 Å². The minimum atomic E-state index is -0.315. The molecule has 0 saturated heterocycles. The van der Waals surface area contributed by atoms with E-state index in [1.54, 1.807) is 6.07 Å². The van der Waals surface area contributed by atoms with Crippen LogP contribution in [0.5, 0.6) is 5.75 Å². The molecule has 1 aromatic heterocycles. The molecule has 3 rings (SSSR count). The predicted octanol–water partition coefficient (Wildman–Crippen LogP) is 2.79. The van der Waals surface area contributed by atoms with E-state index in [1.807, 2.05) is 32.0 Å². The fraction of sp³-hybridized carbons (Fsp3) is 0.412. The van der Waals surface area contributed by atoms with Gasteiger partial charge in [0.1, 0.15) is 11.6 Å². The van der Waals surface area contributed by atoms with Crippen LogP contribution in [-0.2, 0) is 0 Å². The molecule has 2 atom stereocenters. The number of rotatable bonds is 3. The first-order chi connectivity index (χ1) is 10.5. The Balaban J connectivity index is 1.82. The number of phenols is 1. The fourth-order valence-electron chi connectivity index (χ4n) is 3.12. The second kappa shape index (κ2) is 5.93. The number of hydrogen-bond acceptors (Lipinski definition) is 5. The summed E-state index contributed by atoms with van der Waals surface area (Å²) >= 11 is 0. The molecule has 0 spiro atoms. The summed E-state index contributed by atoms with van der Waals surface area (Å²) in [5.74, 6) is 0.873. The van der Waals surface area contributed by atoms with E-state index in [1.165, 1.54) is 0 Å². The second-order valence-corrected chi connectivity index (χ2v) is 6.03. The SMILES string of the molecule is Cc1cc(C)c(-c2ccc(NC3CCCC3O)nn2)c(O)c1. The molecule has 1 saturated carbocycles. The van der Waals surface area contributed by atoms with Crippen molar-refractivity contribution in [3.05, 3.63) is 35.4 Å². The van der Waals surface area contributed by atoms with Gasteiger partial charge in [0, 0.05) is 5.56 Å². The molecular formula is C17H21N3O2. The normalized spacial score (nSPS) is 21.0. The van der Waals surface area contributed by atoms with Crippen molar-refractivity contribution in [1.82, 2.24) is 10.2 Å². The molecular weight excluding hydrogens is 278 g/mol. The van der Waals surface area contributed by atoms with Crippen LogP contribution in [0.1, 0.15) is 30.4 Å². The maximum atomic E-state index is 10.1. The minimum Gasteiger partial charge on any atom is -0.507 e. The van der Waals surface area contributed by atoms with Gasteiger partial charge in [-0.1, -0.05) is 6.07 Å². The smallest absolute Gasteiger partial charge is 0.148 e. The van der Waals surface area contributed by atoms with E-state index in [9.17, 15) is 10.2 Å². The van der Waals surface area contributed by atoms with E-state index in [4.69, 9.17) is 0 Å². The summed E-state index contributed by atoms with van der Waals surface area (Å²) in [6, 6.07) is 7.47. The molecule has 22 heavy (non-hydrogen) atoms. The Kier molecular flexibility index (Phi) is 3.98. The lowest BCUT2D eigenvalue weighted by Crippen LogP contribution is -2.28. The third-order valence-electron chi connectivity index (χ3n) is 4.19. The Morgan fingerprint density at radius 1 is 1.14 bits per heavy atom. The number of phenolic OH excluding ortho intramolecular Hbond substituents is 1. The average Bonchev–Trinajstić information content (AvgIpc) is 2.85. The number of aliphatic hydroxyl groups excluding tert-OH is 1. The Morgan fingerprint density at radius 3 is 2.55 bits per heavy atom. The van der Waals surface area contributed by atoms with Crippen molar-refractivity contribution in [3.8, 4) is 17.0 Å². The number of nitrogens with zero attached hydrogens (tertiary/aromatic N) is 2. The highest BCUT2D eigenvalue weighted by atomic mass is 16.3. The fourth-order valence-corrected chi connectivity index (χ4v) is 3.12. The molecule has 1 fully saturated rings. The molecule has 1 heterocycles. The zero-order valence-electron chi connectivity index (χ0n) is 12.9. The van der Waals surface area contributed by atoms with Crippen molar-refractivity contribution in [3.63, 3.8) is 0 Å². The van der Waals surface area contributed by atoms with Gasteiger partial charge >= 0.3 is 0 Å². The third kappa shape index (κ3) is 2.90. The Labute approximate surface area is 130 Å². The Bertz CT molecular complexity index is 647. The molecule has 3 N–H and O–H groups in total. The number of aromatic hydroxyl groups is 1. The van der Waals surface area contributed by atoms with Crippen LogP contribution in [0, 0.1) is 13.8 Å². The molecule has 1 aliphatic carbocycles. The highest BCUT2D eigenvalue weighted by Crippen LogP contribution is 2.32. The first-order valence-electron chi connectivity index (χ1n) is 7.63. The summed E-state index contributed by atoms with van der Waals surface area (Å²) in [4.78, 5) is 0. The lowest BCUT2D eigenvalue weighted by Gasteiger charge is -2.16. The summed E-state index contributed by atoms with van der Waals surface area (Å²) < 4.78 is 0. The average molecular weight is 299 g/mol. The molecule has 2 unspecified atom stereocenters. The van der Waals surface area contributed by atoms with Gasteiger partial charge in [-0.05, 0) is 62.4 Å². The Morgan fingerprint density at radius 2 is 1.95 bits per heavy atom. The standard InChI is InChI=1S/C17H21N3O2/c1-10-8-11(2)17(15(22)9-10)13-6-7-16(20-19-13)18-12-4-3-5-14(12)21/h6-9,12,14,21-22H,3-5H2,1-2H3,(H,18,20). The van der Waals surface area contributed by atoms with Crippen LogP contribution < -0.4 is 5.32 Å². The van der Waals surface area contributed by atoms with Gasteiger partial charge in [0.05, 0.1) is 17.8 Å². The van der Waals surface area contributed by atoms with Gasteiger partial charge in [0.15, 0.2) is 0 Å². The third-order valence-corrected chi connectivity index (χ3v) is 4.19. The monoisotopic (exact) mass is 299 g/mol. The quantitative estimate of drug-likeness (QED) is 0.812. The molecule has 0 radical (unpaired) electrons. The molecule has 1 aliphatic rings. The van der Waals surface area contributed by atoms with E-state index in [2.05, 4.69) is 15.5 Å². The largest absolute Gasteiger partial charge is 0.507 e. The van der Waals surface area contributed by atoms with Gasteiger partial charge in [0.2, 0.25) is 0 Å². The topological polar surface area (TPSA) is 78.3 Å². The van der Waals surface area contributed by atoms with E-state index in [-0.39, 0.29) is 17.9 Å². The van der Waals surface area contributed by atoms with Crippen molar-refractivity contribution < 1.29 is 10.2 Å². The number of aryl methyl sites for hydroxylation is 2. The van der Waals surface area contributed by atoms with E-state index >= 15 is 0 Å². The van der Waals surface area contributed by atoms with Crippen LogP contribution in [0.4, 0.5) is 5.82 Å². The van der Waals surface area contributed by atoms with E-state index < -0.39 is 0 Å². The lowest BCUT2D eigenvalue weighted by molar-refractivity contribution is 0.171. The van der Waals surface area contributed by atoms with Crippen LogP contribution in [0.2, 0.25) is 0 Å². The van der Waals surface area contributed by atoms with Crippen LogP contribution in [0.3, 0.4) is 0 Å². The summed E-state index contributed by atoms with van der Waals surface area (Å²) in [6.45, 7) is 3.90. The van der Waals surface area contributed by atoms with Gasteiger partial charge in [-0.2, -0.15) is 0 Å². The maximum Gasteiger partial charge on any atom is 0.148 e. The molecule has 0 amide bonds. The Hall–Kier alpha value is -2.14. The molecule has 0 bridgehead atoms. The van der Waals surface area contributed by atoms with Crippen molar-refractivity contribution in [2.24, 2.45) is 0 Å². The molecule has 2 aromatic rings. The minimum absolute atomic E-state index is 0.0506. The molecule has 116 valence electrons.